The van der Waals surface area contributed by atoms with Gasteiger partial charge in [-0.2, -0.15) is 0 Å². The number of carbonyl (C=O) groups excluding carboxylic acids is 1. The van der Waals surface area contributed by atoms with E-state index in [1.807, 2.05) is 0 Å². The third-order valence-electron chi connectivity index (χ3n) is 4.55. The number of hydrogen-bond acceptors (Lipinski definition) is 3. The molecule has 1 aliphatic rings. The fourth-order valence-electron chi connectivity index (χ4n) is 2.67. The van der Waals surface area contributed by atoms with E-state index in [0.717, 1.165) is 30.4 Å². The Morgan fingerprint density at radius 3 is 2.61 bits per heavy atom. The average Bonchev–Trinajstić information content (AvgIpc) is 2.47. The topological polar surface area (TPSA) is 85.0 Å². The predicted molar refractivity (Wildman–Crippen MR) is 98.4 cm³/mol. The van der Waals surface area contributed by atoms with Crippen LogP contribution in [0, 0.1) is 0 Å². The van der Waals surface area contributed by atoms with Gasteiger partial charge in [-0.25, -0.2) is 0 Å². The molecule has 1 aromatic rings. The summed E-state index contributed by atoms with van der Waals surface area (Å²) >= 11 is 0. The van der Waals surface area contributed by atoms with Crippen LogP contribution in [0.2, 0.25) is 0 Å². The van der Waals surface area contributed by atoms with Crippen LogP contribution in [0.5, 0.6) is 5.75 Å². The molecule has 0 saturated heterocycles. The maximum Gasteiger partial charge on any atom is 0.260 e. The van der Waals surface area contributed by atoms with Crippen molar-refractivity contribution in [3.05, 3.63) is 27.2 Å². The second-order valence-corrected chi connectivity index (χ2v) is 6.55. The van der Waals surface area contributed by atoms with Crippen LogP contribution < -0.4 is 16.0 Å². The Kier molecular flexibility index (Phi) is 7.06. The first kappa shape index (κ1) is 20.0. The molecule has 0 aliphatic heterocycles. The molecule has 0 saturated carbocycles. The molecule has 1 amide bonds. The number of halogens is 1. The van der Waals surface area contributed by atoms with Gasteiger partial charge in [-0.3, -0.25) is 9.59 Å². The number of likely N-dealkylation sites (N-methyl/N-ethyl adjacent to an activating group) is 1. The van der Waals surface area contributed by atoms with E-state index in [0.29, 0.717) is 30.6 Å². The van der Waals surface area contributed by atoms with Gasteiger partial charge in [-0.05, 0) is 38.2 Å². The van der Waals surface area contributed by atoms with Crippen molar-refractivity contribution in [2.24, 2.45) is 0 Å². The van der Waals surface area contributed by atoms with E-state index < -0.39 is 11.5 Å². The number of carbonyl (C=O) groups is 1. The van der Waals surface area contributed by atoms with Crippen LogP contribution >= 0.6 is 24.0 Å². The van der Waals surface area contributed by atoms with Crippen LogP contribution in [0.1, 0.15) is 41.4 Å². The number of amides is 1. The molecule has 6 nitrogen and oxygen atoms in total. The molecule has 0 fully saturated rings. The average molecular weight is 435 g/mol. The molecule has 2 N–H and O–H groups in total. The van der Waals surface area contributed by atoms with Gasteiger partial charge < -0.3 is 19.9 Å². The van der Waals surface area contributed by atoms with E-state index in [-0.39, 0.29) is 35.3 Å². The molecule has 7 heteroatoms. The minimum absolute atomic E-state index is 0. The number of quaternary nitrogens is 1. The van der Waals surface area contributed by atoms with E-state index in [4.69, 9.17) is 0 Å². The van der Waals surface area contributed by atoms with Gasteiger partial charge in [0.1, 0.15) is 0 Å². The molecule has 1 aromatic heterocycles. The first-order valence-electron chi connectivity index (χ1n) is 7.91. The third-order valence-corrected chi connectivity index (χ3v) is 4.55. The van der Waals surface area contributed by atoms with E-state index in [2.05, 4.69) is 31.3 Å². The van der Waals surface area contributed by atoms with Crippen molar-refractivity contribution < 1.29 is 14.4 Å². The fraction of sp³-hybridized carbons (Fsp3) is 0.625. The molecule has 23 heavy (non-hydrogen) atoms. The minimum atomic E-state index is -0.563. The lowest BCUT2D eigenvalue weighted by Gasteiger charge is -2.28. The molecule has 1 heterocycles. The zero-order chi connectivity index (χ0) is 16.3. The number of H-pyrrole nitrogens is 1. The number of pyridine rings is 1. The van der Waals surface area contributed by atoms with Gasteiger partial charge in [-0.1, -0.05) is 5.75 Å². The van der Waals surface area contributed by atoms with Crippen molar-refractivity contribution in [3.8, 4) is 5.75 Å². The quantitative estimate of drug-likeness (QED) is 0.530. The summed E-state index contributed by atoms with van der Waals surface area (Å²) in [4.78, 5) is 27.0. The first-order chi connectivity index (χ1) is 10.4. The van der Waals surface area contributed by atoms with Gasteiger partial charge in [0, 0.05) is 5.69 Å². The molecule has 0 radical (unpaired) electrons. The Morgan fingerprint density at radius 2 is 1.96 bits per heavy atom. The van der Waals surface area contributed by atoms with Crippen molar-refractivity contribution in [1.82, 2.24) is 10.3 Å². The summed E-state index contributed by atoms with van der Waals surface area (Å²) in [6, 6.07) is 0. The van der Waals surface area contributed by atoms with Crippen LogP contribution in [0.4, 0.5) is 0 Å². The van der Waals surface area contributed by atoms with Crippen molar-refractivity contribution >= 4 is 29.9 Å². The molecule has 130 valence electrons. The number of rotatable bonds is 5. The molecule has 0 spiro atoms. The summed E-state index contributed by atoms with van der Waals surface area (Å²) in [5.74, 6) is -0.948. The lowest BCUT2D eigenvalue weighted by atomic mass is 9.93. The SMILES string of the molecule is CC[N+](C)(C)CCNC(=O)c1c([O-])c2c([nH]c1=O)CCCC2.I. The number of aryl methyl sites for hydroxylation is 1. The number of fused-ring (bicyclic) bond motifs is 1. The Balaban J connectivity index is 0.00000264. The number of aromatic amines is 1. The van der Waals surface area contributed by atoms with Gasteiger partial charge in [-0.15, -0.1) is 24.0 Å². The van der Waals surface area contributed by atoms with Crippen LogP contribution in [-0.4, -0.2) is 49.1 Å². The van der Waals surface area contributed by atoms with Gasteiger partial charge >= 0.3 is 0 Å². The predicted octanol–water partition coefficient (Wildman–Crippen LogP) is 0.771. The maximum atomic E-state index is 12.4. The van der Waals surface area contributed by atoms with Crippen LogP contribution in [0.3, 0.4) is 0 Å². The second-order valence-electron chi connectivity index (χ2n) is 6.55. The third kappa shape index (κ3) is 4.69. The largest absolute Gasteiger partial charge is 0.872 e. The molecule has 0 atom stereocenters. The Bertz CT molecular complexity index is 626. The van der Waals surface area contributed by atoms with E-state index >= 15 is 0 Å². The van der Waals surface area contributed by atoms with Crippen molar-refractivity contribution in [1.29, 1.82) is 0 Å². The lowest BCUT2D eigenvalue weighted by molar-refractivity contribution is -0.887. The highest BCUT2D eigenvalue weighted by Gasteiger charge is 2.20. The highest BCUT2D eigenvalue weighted by molar-refractivity contribution is 14.0. The summed E-state index contributed by atoms with van der Waals surface area (Å²) in [5.41, 5.74) is 0.497. The molecule has 0 aromatic carbocycles. The summed E-state index contributed by atoms with van der Waals surface area (Å²) in [6.45, 7) is 4.21. The summed E-state index contributed by atoms with van der Waals surface area (Å²) in [5, 5.41) is 15.1. The molecule has 1 aliphatic carbocycles. The summed E-state index contributed by atoms with van der Waals surface area (Å²) in [6.07, 6.45) is 3.25. The summed E-state index contributed by atoms with van der Waals surface area (Å²) < 4.78 is 0.769. The molecule has 2 rings (SSSR count). The Hall–Kier alpha value is -1.09. The number of nitrogens with one attached hydrogen (secondary N) is 2. The maximum absolute atomic E-state index is 12.4. The van der Waals surface area contributed by atoms with E-state index in [1.165, 1.54) is 0 Å². The van der Waals surface area contributed by atoms with Gasteiger partial charge in [0.25, 0.3) is 11.5 Å². The smallest absolute Gasteiger partial charge is 0.260 e. The van der Waals surface area contributed by atoms with Crippen molar-refractivity contribution in [2.75, 3.05) is 33.7 Å². The zero-order valence-corrected chi connectivity index (χ0v) is 16.4. The van der Waals surface area contributed by atoms with Crippen LogP contribution in [0.15, 0.2) is 4.79 Å². The second kappa shape index (κ2) is 8.14. The Morgan fingerprint density at radius 1 is 1.30 bits per heavy atom. The molecule has 0 bridgehead atoms. The van der Waals surface area contributed by atoms with Crippen LogP contribution in [-0.2, 0) is 12.8 Å². The Labute approximate surface area is 153 Å². The first-order valence-corrected chi connectivity index (χ1v) is 7.91. The molecular formula is C16H26IN3O3. The lowest BCUT2D eigenvalue weighted by Crippen LogP contribution is -2.45. The van der Waals surface area contributed by atoms with Crippen molar-refractivity contribution in [3.63, 3.8) is 0 Å². The van der Waals surface area contributed by atoms with Gasteiger partial charge in [0.2, 0.25) is 0 Å². The van der Waals surface area contributed by atoms with E-state index in [1.54, 1.807) is 0 Å². The normalized spacial score (nSPS) is 13.9. The monoisotopic (exact) mass is 435 g/mol. The molecular weight excluding hydrogens is 409 g/mol. The van der Waals surface area contributed by atoms with Crippen molar-refractivity contribution in [2.45, 2.75) is 32.6 Å². The highest BCUT2D eigenvalue weighted by atomic mass is 127. The molecule has 0 unspecified atom stereocenters. The zero-order valence-electron chi connectivity index (χ0n) is 14.0. The number of aromatic nitrogens is 1. The van der Waals surface area contributed by atoms with E-state index in [9.17, 15) is 14.7 Å². The number of hydrogen-bond donors (Lipinski definition) is 2. The summed E-state index contributed by atoms with van der Waals surface area (Å²) in [7, 11) is 4.13. The highest BCUT2D eigenvalue weighted by Crippen LogP contribution is 2.26. The standard InChI is InChI=1S/C16H25N3O3.HI/c1-4-19(2,3)10-9-17-15(21)13-14(20)11-7-5-6-8-12(11)18-16(13)22;/h4-10H2,1-3H3,(H2-,17,18,20,21,22);1H. The van der Waals surface area contributed by atoms with Crippen LogP contribution in [0.25, 0.3) is 0 Å². The fourth-order valence-corrected chi connectivity index (χ4v) is 2.67. The van der Waals surface area contributed by atoms with Gasteiger partial charge in [0.15, 0.2) is 0 Å². The minimum Gasteiger partial charge on any atom is -0.872 e. The van der Waals surface area contributed by atoms with Gasteiger partial charge in [0.05, 0.1) is 39.3 Å². The number of nitrogens with zero attached hydrogens (tertiary/aromatic N) is 1.